The summed E-state index contributed by atoms with van der Waals surface area (Å²) in [6.45, 7) is 1.74. The lowest BCUT2D eigenvalue weighted by molar-refractivity contribution is -0.385. The zero-order valence-electron chi connectivity index (χ0n) is 12.4. The van der Waals surface area contributed by atoms with Crippen molar-refractivity contribution in [1.29, 1.82) is 0 Å². The molecule has 0 radical (unpaired) electrons. The molecule has 9 heteroatoms. The molecule has 0 atom stereocenters. The quantitative estimate of drug-likeness (QED) is 0.678. The number of benzene rings is 1. The monoisotopic (exact) mass is 339 g/mol. The number of nitrogens with zero attached hydrogens (tertiary/aromatic N) is 2. The fraction of sp³-hybridized carbons (Fsp3) is 0.200. The van der Waals surface area contributed by atoms with Crippen LogP contribution in [0, 0.1) is 10.1 Å². The van der Waals surface area contributed by atoms with Gasteiger partial charge in [-0.3, -0.25) is 19.9 Å². The fourth-order valence-electron chi connectivity index (χ4n) is 2.04. The molecule has 0 bridgehead atoms. The van der Waals surface area contributed by atoms with Gasteiger partial charge in [0.05, 0.1) is 10.5 Å². The van der Waals surface area contributed by atoms with Crippen LogP contribution in [-0.2, 0) is 12.6 Å². The average molecular weight is 339 g/mol. The normalized spacial score (nSPS) is 11.2. The molecule has 0 aliphatic heterocycles. The SMILES string of the molecule is CCc1ccc(NC(=O)c2cc(C(F)(F)F)ccn2)cc1[N+](=O)[O-]. The Bertz CT molecular complexity index is 791. The van der Waals surface area contributed by atoms with E-state index in [1.54, 1.807) is 6.92 Å². The maximum absolute atomic E-state index is 12.6. The Labute approximate surface area is 134 Å². The molecule has 1 aromatic heterocycles. The molecule has 1 N–H and O–H groups in total. The summed E-state index contributed by atoms with van der Waals surface area (Å²) in [5.74, 6) is -0.889. The molecule has 1 amide bonds. The minimum absolute atomic E-state index is 0.100. The zero-order chi connectivity index (χ0) is 17.9. The summed E-state index contributed by atoms with van der Waals surface area (Å²) in [7, 11) is 0. The van der Waals surface area contributed by atoms with Crippen molar-refractivity contribution in [3.63, 3.8) is 0 Å². The van der Waals surface area contributed by atoms with Gasteiger partial charge in [-0.25, -0.2) is 0 Å². The van der Waals surface area contributed by atoms with Crippen molar-refractivity contribution in [2.45, 2.75) is 19.5 Å². The highest BCUT2D eigenvalue weighted by molar-refractivity contribution is 6.03. The fourth-order valence-corrected chi connectivity index (χ4v) is 2.04. The average Bonchev–Trinajstić information content (AvgIpc) is 2.54. The van der Waals surface area contributed by atoms with Crippen molar-refractivity contribution >= 4 is 17.3 Å². The van der Waals surface area contributed by atoms with Crippen molar-refractivity contribution in [2.24, 2.45) is 0 Å². The van der Waals surface area contributed by atoms with Gasteiger partial charge in [0, 0.05) is 23.5 Å². The van der Waals surface area contributed by atoms with E-state index < -0.39 is 28.3 Å². The van der Waals surface area contributed by atoms with Crippen LogP contribution in [0.25, 0.3) is 0 Å². The van der Waals surface area contributed by atoms with Crippen LogP contribution < -0.4 is 5.32 Å². The second-order valence-corrected chi connectivity index (χ2v) is 4.84. The lowest BCUT2D eigenvalue weighted by atomic mass is 10.1. The summed E-state index contributed by atoms with van der Waals surface area (Å²) in [5.41, 5.74) is -1.03. The van der Waals surface area contributed by atoms with Crippen LogP contribution in [-0.4, -0.2) is 15.8 Å². The Balaban J connectivity index is 2.27. The van der Waals surface area contributed by atoms with Gasteiger partial charge >= 0.3 is 6.18 Å². The predicted octanol–water partition coefficient (Wildman–Crippen LogP) is 3.82. The lowest BCUT2D eigenvalue weighted by Gasteiger charge is -2.09. The second kappa shape index (κ2) is 6.65. The third-order valence-electron chi connectivity index (χ3n) is 3.24. The number of rotatable bonds is 4. The smallest absolute Gasteiger partial charge is 0.320 e. The number of amides is 1. The largest absolute Gasteiger partial charge is 0.416 e. The van der Waals surface area contributed by atoms with E-state index in [0.717, 1.165) is 18.3 Å². The molecule has 0 aliphatic rings. The van der Waals surface area contributed by atoms with E-state index in [1.165, 1.54) is 12.1 Å². The van der Waals surface area contributed by atoms with E-state index in [4.69, 9.17) is 0 Å². The van der Waals surface area contributed by atoms with Gasteiger partial charge in [0.2, 0.25) is 0 Å². The van der Waals surface area contributed by atoms with Crippen molar-refractivity contribution in [1.82, 2.24) is 4.98 Å². The standard InChI is InChI=1S/C15H12F3N3O3/c1-2-9-3-4-11(8-13(9)21(23)24)20-14(22)12-7-10(5-6-19-12)15(16,17)18/h3-8H,2H2,1H3,(H,20,22). The molecule has 0 unspecified atom stereocenters. The molecule has 2 aromatic rings. The highest BCUT2D eigenvalue weighted by Crippen LogP contribution is 2.29. The van der Waals surface area contributed by atoms with Crippen molar-refractivity contribution < 1.29 is 22.9 Å². The molecule has 0 aliphatic carbocycles. The number of nitro benzene ring substituents is 1. The van der Waals surface area contributed by atoms with Gasteiger partial charge in [0.15, 0.2) is 0 Å². The van der Waals surface area contributed by atoms with Gasteiger partial charge in [0.25, 0.3) is 11.6 Å². The number of hydrogen-bond donors (Lipinski definition) is 1. The number of carbonyl (C=O) groups excluding carboxylic acids is 1. The number of pyridine rings is 1. The summed E-state index contributed by atoms with van der Waals surface area (Å²) in [6.07, 6.45) is -3.29. The number of anilines is 1. The number of alkyl halides is 3. The summed E-state index contributed by atoms with van der Waals surface area (Å²) >= 11 is 0. The van der Waals surface area contributed by atoms with Gasteiger partial charge in [-0.15, -0.1) is 0 Å². The molecule has 6 nitrogen and oxygen atoms in total. The number of carbonyl (C=O) groups is 1. The van der Waals surface area contributed by atoms with Crippen LogP contribution in [0.2, 0.25) is 0 Å². The first-order chi connectivity index (χ1) is 11.2. The van der Waals surface area contributed by atoms with Crippen molar-refractivity contribution in [3.05, 3.63) is 63.5 Å². The molecule has 2 rings (SSSR count). The van der Waals surface area contributed by atoms with Gasteiger partial charge in [-0.05, 0) is 24.6 Å². The Morgan fingerprint density at radius 3 is 2.58 bits per heavy atom. The number of aromatic nitrogens is 1. The third-order valence-corrected chi connectivity index (χ3v) is 3.24. The molecular weight excluding hydrogens is 327 g/mol. The van der Waals surface area contributed by atoms with Gasteiger partial charge in [0.1, 0.15) is 5.69 Å². The van der Waals surface area contributed by atoms with Crippen molar-refractivity contribution in [3.8, 4) is 0 Å². The number of nitro groups is 1. The molecule has 24 heavy (non-hydrogen) atoms. The molecule has 0 saturated heterocycles. The minimum atomic E-state index is -4.60. The molecular formula is C15H12F3N3O3. The summed E-state index contributed by atoms with van der Waals surface area (Å²) in [5, 5.41) is 13.3. The molecule has 0 spiro atoms. The highest BCUT2D eigenvalue weighted by Gasteiger charge is 2.31. The van der Waals surface area contributed by atoms with Crippen LogP contribution in [0.4, 0.5) is 24.5 Å². The Hall–Kier alpha value is -2.97. The van der Waals surface area contributed by atoms with Crippen LogP contribution in [0.3, 0.4) is 0 Å². The summed E-state index contributed by atoms with van der Waals surface area (Å²) < 4.78 is 37.9. The third kappa shape index (κ3) is 3.86. The van der Waals surface area contributed by atoms with Crippen molar-refractivity contribution in [2.75, 3.05) is 5.32 Å². The van der Waals surface area contributed by atoms with Gasteiger partial charge < -0.3 is 5.32 Å². The van der Waals surface area contributed by atoms with Gasteiger partial charge in [-0.1, -0.05) is 13.0 Å². The lowest BCUT2D eigenvalue weighted by Crippen LogP contribution is -2.16. The number of nitrogens with one attached hydrogen (secondary N) is 1. The number of aryl methyl sites for hydroxylation is 1. The molecule has 0 fully saturated rings. The summed E-state index contributed by atoms with van der Waals surface area (Å²) in [6, 6.07) is 5.44. The molecule has 1 aromatic carbocycles. The Kier molecular flexibility index (Phi) is 4.82. The van der Waals surface area contributed by atoms with E-state index >= 15 is 0 Å². The van der Waals surface area contributed by atoms with Crippen LogP contribution in [0.15, 0.2) is 36.5 Å². The minimum Gasteiger partial charge on any atom is -0.320 e. The number of halogens is 3. The highest BCUT2D eigenvalue weighted by atomic mass is 19.4. The Morgan fingerprint density at radius 2 is 2.00 bits per heavy atom. The van der Waals surface area contributed by atoms with E-state index in [1.807, 2.05) is 0 Å². The van der Waals surface area contributed by atoms with E-state index in [9.17, 15) is 28.1 Å². The zero-order valence-corrected chi connectivity index (χ0v) is 12.4. The maximum Gasteiger partial charge on any atom is 0.416 e. The van der Waals surface area contributed by atoms with E-state index in [2.05, 4.69) is 10.3 Å². The second-order valence-electron chi connectivity index (χ2n) is 4.84. The first-order valence-corrected chi connectivity index (χ1v) is 6.84. The van der Waals surface area contributed by atoms with Gasteiger partial charge in [-0.2, -0.15) is 13.2 Å². The molecule has 1 heterocycles. The van der Waals surface area contributed by atoms with Crippen LogP contribution in [0.1, 0.15) is 28.5 Å². The van der Waals surface area contributed by atoms with E-state index in [0.29, 0.717) is 18.1 Å². The van der Waals surface area contributed by atoms with E-state index in [-0.39, 0.29) is 11.4 Å². The summed E-state index contributed by atoms with van der Waals surface area (Å²) in [4.78, 5) is 26.0. The molecule has 126 valence electrons. The Morgan fingerprint density at radius 1 is 1.29 bits per heavy atom. The molecule has 0 saturated carbocycles. The maximum atomic E-state index is 12.6. The topological polar surface area (TPSA) is 85.1 Å². The first kappa shape index (κ1) is 17.4. The first-order valence-electron chi connectivity index (χ1n) is 6.84. The number of hydrogen-bond acceptors (Lipinski definition) is 4. The van der Waals surface area contributed by atoms with Crippen LogP contribution >= 0.6 is 0 Å². The van der Waals surface area contributed by atoms with Crippen LogP contribution in [0.5, 0.6) is 0 Å². The predicted molar refractivity (Wildman–Crippen MR) is 79.7 cm³/mol.